The summed E-state index contributed by atoms with van der Waals surface area (Å²) in [7, 11) is 0. The monoisotopic (exact) mass is 222 g/mol. The van der Waals surface area contributed by atoms with Gasteiger partial charge in [-0.3, -0.25) is 0 Å². The van der Waals surface area contributed by atoms with Crippen LogP contribution < -0.4 is 0 Å². The third-order valence-electron chi connectivity index (χ3n) is 1.55. The number of alkyl halides is 5. The maximum absolute atomic E-state index is 12.2. The lowest BCUT2D eigenvalue weighted by Gasteiger charge is -2.10. The van der Waals surface area contributed by atoms with E-state index >= 15 is 0 Å². The molecular weight excluding hydrogens is 219 g/mol. The summed E-state index contributed by atoms with van der Waals surface area (Å²) < 4.78 is 60.9. The van der Waals surface area contributed by atoms with Gasteiger partial charge in [-0.2, -0.15) is 18.4 Å². The molecule has 0 aliphatic rings. The highest BCUT2D eigenvalue weighted by molar-refractivity contribution is 5.34. The lowest BCUT2D eigenvalue weighted by Crippen LogP contribution is -2.12. The van der Waals surface area contributed by atoms with E-state index in [1.807, 2.05) is 0 Å². The molecule has 0 N–H and O–H groups in total. The maximum Gasteiger partial charge on any atom is 0.433 e. The second kappa shape index (κ2) is 3.81. The molecule has 2 nitrogen and oxygen atoms in total. The summed E-state index contributed by atoms with van der Waals surface area (Å²) in [6.07, 6.45) is -7.66. The first-order valence-electron chi connectivity index (χ1n) is 3.61. The maximum atomic E-state index is 12.2. The van der Waals surface area contributed by atoms with Crippen LogP contribution >= 0.6 is 0 Å². The van der Waals surface area contributed by atoms with Crippen molar-refractivity contribution in [3.63, 3.8) is 0 Å². The molecular formula is C8H3F5N2. The van der Waals surface area contributed by atoms with Gasteiger partial charge < -0.3 is 0 Å². The van der Waals surface area contributed by atoms with Gasteiger partial charge in [-0.15, -0.1) is 0 Å². The third-order valence-corrected chi connectivity index (χ3v) is 1.55. The Balaban J connectivity index is 3.36. The van der Waals surface area contributed by atoms with Gasteiger partial charge in [-0.25, -0.2) is 13.8 Å². The largest absolute Gasteiger partial charge is 0.433 e. The van der Waals surface area contributed by atoms with E-state index in [9.17, 15) is 22.0 Å². The minimum atomic E-state index is -4.94. The van der Waals surface area contributed by atoms with E-state index in [0.717, 1.165) is 0 Å². The fourth-order valence-electron chi connectivity index (χ4n) is 0.946. The van der Waals surface area contributed by atoms with E-state index in [2.05, 4.69) is 4.98 Å². The topological polar surface area (TPSA) is 36.7 Å². The summed E-state index contributed by atoms with van der Waals surface area (Å²) in [6.45, 7) is 0. The number of hydrogen-bond donors (Lipinski definition) is 0. The van der Waals surface area contributed by atoms with Crippen LogP contribution in [-0.2, 0) is 6.18 Å². The summed E-state index contributed by atoms with van der Waals surface area (Å²) in [5.74, 6) is 0. The fraction of sp³-hybridized carbons (Fsp3) is 0.250. The van der Waals surface area contributed by atoms with Crippen molar-refractivity contribution < 1.29 is 22.0 Å². The number of nitriles is 1. The summed E-state index contributed by atoms with van der Waals surface area (Å²) in [4.78, 5) is 2.81. The van der Waals surface area contributed by atoms with Gasteiger partial charge in [0, 0.05) is 11.8 Å². The molecule has 0 fully saturated rings. The van der Waals surface area contributed by atoms with Crippen molar-refractivity contribution in [2.24, 2.45) is 0 Å². The first-order valence-corrected chi connectivity index (χ1v) is 3.61. The Morgan fingerprint density at radius 1 is 1.33 bits per heavy atom. The normalized spacial score (nSPS) is 11.5. The first-order chi connectivity index (χ1) is 6.86. The molecule has 0 aliphatic heterocycles. The van der Waals surface area contributed by atoms with Crippen LogP contribution in [-0.4, -0.2) is 4.98 Å². The Morgan fingerprint density at radius 2 is 1.93 bits per heavy atom. The molecule has 0 saturated heterocycles. The molecule has 0 bridgehead atoms. The molecule has 1 aromatic rings. The van der Waals surface area contributed by atoms with Crippen LogP contribution in [0.3, 0.4) is 0 Å². The van der Waals surface area contributed by atoms with E-state index in [-0.39, 0.29) is 5.56 Å². The van der Waals surface area contributed by atoms with Crippen molar-refractivity contribution >= 4 is 0 Å². The average Bonchev–Trinajstić information content (AvgIpc) is 2.15. The SMILES string of the molecule is N#Cc1cnc(C(F)(F)F)c(C(F)F)c1. The number of halogens is 5. The van der Waals surface area contributed by atoms with Crippen molar-refractivity contribution in [2.75, 3.05) is 0 Å². The summed E-state index contributed by atoms with van der Waals surface area (Å²) in [6, 6.07) is 1.92. The van der Waals surface area contributed by atoms with Crippen molar-refractivity contribution in [1.29, 1.82) is 5.26 Å². The molecule has 0 amide bonds. The molecule has 15 heavy (non-hydrogen) atoms. The average molecular weight is 222 g/mol. The van der Waals surface area contributed by atoms with Crippen molar-refractivity contribution in [3.8, 4) is 6.07 Å². The van der Waals surface area contributed by atoms with Crippen LogP contribution in [0.2, 0.25) is 0 Å². The quantitative estimate of drug-likeness (QED) is 0.685. The van der Waals surface area contributed by atoms with Gasteiger partial charge >= 0.3 is 6.18 Å². The molecule has 0 unspecified atom stereocenters. The van der Waals surface area contributed by atoms with E-state index < -0.39 is 23.9 Å². The summed E-state index contributed by atoms with van der Waals surface area (Å²) in [5.41, 5.74) is -3.27. The van der Waals surface area contributed by atoms with E-state index in [1.54, 1.807) is 0 Å². The highest BCUT2D eigenvalue weighted by Crippen LogP contribution is 2.34. The van der Waals surface area contributed by atoms with Gasteiger partial charge in [-0.05, 0) is 6.07 Å². The predicted octanol–water partition coefficient (Wildman–Crippen LogP) is 2.91. The Labute approximate surface area is 81.0 Å². The Bertz CT molecular complexity index is 404. The lowest BCUT2D eigenvalue weighted by atomic mass is 10.1. The van der Waals surface area contributed by atoms with E-state index in [1.165, 1.54) is 6.07 Å². The molecule has 0 radical (unpaired) electrons. The predicted molar refractivity (Wildman–Crippen MR) is 38.9 cm³/mol. The number of nitrogens with zero attached hydrogens (tertiary/aromatic N) is 2. The first kappa shape index (κ1) is 11.4. The van der Waals surface area contributed by atoms with Crippen LogP contribution in [0, 0.1) is 11.3 Å². The van der Waals surface area contributed by atoms with Crippen LogP contribution in [0.1, 0.15) is 23.2 Å². The van der Waals surface area contributed by atoms with Gasteiger partial charge in [0.2, 0.25) is 0 Å². The fourth-order valence-corrected chi connectivity index (χ4v) is 0.946. The zero-order chi connectivity index (χ0) is 11.6. The molecule has 1 aromatic heterocycles. The van der Waals surface area contributed by atoms with Crippen LogP contribution in [0.25, 0.3) is 0 Å². The van der Waals surface area contributed by atoms with Gasteiger partial charge in [-0.1, -0.05) is 0 Å². The number of pyridine rings is 1. The Hall–Kier alpha value is -1.71. The molecule has 0 atom stereocenters. The van der Waals surface area contributed by atoms with Crippen molar-refractivity contribution in [1.82, 2.24) is 4.98 Å². The second-order valence-corrected chi connectivity index (χ2v) is 2.57. The van der Waals surface area contributed by atoms with Crippen LogP contribution in [0.5, 0.6) is 0 Å². The van der Waals surface area contributed by atoms with Crippen LogP contribution in [0.15, 0.2) is 12.3 Å². The molecule has 0 aromatic carbocycles. The zero-order valence-electron chi connectivity index (χ0n) is 7.02. The van der Waals surface area contributed by atoms with Crippen molar-refractivity contribution in [3.05, 3.63) is 29.1 Å². The third kappa shape index (κ3) is 2.40. The zero-order valence-corrected chi connectivity index (χ0v) is 7.02. The van der Waals surface area contributed by atoms with Gasteiger partial charge in [0.1, 0.15) is 6.07 Å². The highest BCUT2D eigenvalue weighted by Gasteiger charge is 2.37. The van der Waals surface area contributed by atoms with E-state index in [4.69, 9.17) is 5.26 Å². The lowest BCUT2D eigenvalue weighted by molar-refractivity contribution is -0.143. The minimum Gasteiger partial charge on any atom is -0.250 e. The van der Waals surface area contributed by atoms with Gasteiger partial charge in [0.05, 0.1) is 5.56 Å². The van der Waals surface area contributed by atoms with Gasteiger partial charge in [0.25, 0.3) is 6.43 Å². The highest BCUT2D eigenvalue weighted by atomic mass is 19.4. The molecule has 80 valence electrons. The second-order valence-electron chi connectivity index (χ2n) is 2.57. The Kier molecular flexibility index (Phi) is 2.88. The number of aromatic nitrogens is 1. The smallest absolute Gasteiger partial charge is 0.250 e. The van der Waals surface area contributed by atoms with E-state index in [0.29, 0.717) is 12.3 Å². The summed E-state index contributed by atoms with van der Waals surface area (Å²) >= 11 is 0. The van der Waals surface area contributed by atoms with Crippen LogP contribution in [0.4, 0.5) is 22.0 Å². The minimum absolute atomic E-state index is 0.335. The molecule has 7 heteroatoms. The van der Waals surface area contributed by atoms with Gasteiger partial charge in [0.15, 0.2) is 5.69 Å². The molecule has 1 rings (SSSR count). The number of hydrogen-bond acceptors (Lipinski definition) is 2. The van der Waals surface area contributed by atoms with Crippen molar-refractivity contribution in [2.45, 2.75) is 12.6 Å². The number of rotatable bonds is 1. The molecule has 0 aliphatic carbocycles. The standard InChI is InChI=1S/C8H3F5N2/c9-7(10)5-1-4(2-14)3-15-6(5)8(11,12)13/h1,3,7H. The molecule has 0 saturated carbocycles. The Morgan fingerprint density at radius 3 is 2.33 bits per heavy atom. The molecule has 0 spiro atoms. The summed E-state index contributed by atoms with van der Waals surface area (Å²) in [5, 5.41) is 8.32. The molecule has 1 heterocycles.